The molecule has 0 aliphatic carbocycles. The van der Waals surface area contributed by atoms with E-state index in [4.69, 9.17) is 14.9 Å². The van der Waals surface area contributed by atoms with E-state index in [1.807, 2.05) is 51.1 Å². The molecule has 49 heavy (non-hydrogen) atoms. The van der Waals surface area contributed by atoms with E-state index in [1.54, 1.807) is 27.0 Å². The van der Waals surface area contributed by atoms with Gasteiger partial charge in [0.25, 0.3) is 0 Å². The number of aromatic nitrogens is 2. The Balaban J connectivity index is 2.09. The number of aliphatic hydroxyl groups is 1. The molecule has 0 aliphatic heterocycles. The van der Waals surface area contributed by atoms with Gasteiger partial charge in [0.05, 0.1) is 18.2 Å². The average Bonchev–Trinajstić information content (AvgIpc) is 3.40. The molecule has 266 valence electrons. The summed E-state index contributed by atoms with van der Waals surface area (Å²) in [5.74, 6) is -3.94. The smallest absolute Gasteiger partial charge is 0.408 e. The molecule has 0 saturated heterocycles. The van der Waals surface area contributed by atoms with Gasteiger partial charge in [-0.2, -0.15) is 5.10 Å². The van der Waals surface area contributed by atoms with Crippen LogP contribution in [0.4, 0.5) is 13.6 Å². The Morgan fingerprint density at radius 3 is 2.29 bits per heavy atom. The molecule has 1 heterocycles. The van der Waals surface area contributed by atoms with Crippen molar-refractivity contribution in [2.24, 2.45) is 5.41 Å². The van der Waals surface area contributed by atoms with Gasteiger partial charge in [-0.1, -0.05) is 51.1 Å². The number of rotatable bonds is 14. The zero-order chi connectivity index (χ0) is 36.5. The second-order valence-electron chi connectivity index (χ2n) is 13.7. The molecule has 0 bridgehead atoms. The molecular weight excluding hydrogens is 640 g/mol. The number of halogens is 2. The molecule has 3 rings (SSSR count). The third-order valence-corrected chi connectivity index (χ3v) is 7.37. The summed E-state index contributed by atoms with van der Waals surface area (Å²) in [6.07, 6.45) is 0.465. The largest absolute Gasteiger partial charge is 0.481 e. The molecule has 0 saturated carbocycles. The molecular formula is C35H45F2N5O7. The van der Waals surface area contributed by atoms with Crippen molar-refractivity contribution in [3.8, 4) is 5.69 Å². The maximum absolute atomic E-state index is 15.0. The van der Waals surface area contributed by atoms with Crippen LogP contribution in [0.5, 0.6) is 0 Å². The number of alkyl carbamates (subject to hydrolysis) is 1. The van der Waals surface area contributed by atoms with Crippen molar-refractivity contribution in [1.29, 1.82) is 0 Å². The first kappa shape index (κ1) is 38.6. The lowest BCUT2D eigenvalue weighted by Gasteiger charge is -2.40. The number of aliphatic hydroxyl groups excluding tert-OH is 1. The van der Waals surface area contributed by atoms with Gasteiger partial charge in [0.2, 0.25) is 11.8 Å². The van der Waals surface area contributed by atoms with E-state index < -0.39 is 65.2 Å². The Kier molecular flexibility index (Phi) is 13.0. The topological polar surface area (TPSA) is 163 Å². The van der Waals surface area contributed by atoms with Gasteiger partial charge in [-0.05, 0) is 50.3 Å². The van der Waals surface area contributed by atoms with Crippen molar-refractivity contribution in [2.45, 2.75) is 78.5 Å². The molecule has 12 nitrogen and oxygen atoms in total. The molecule has 14 heteroatoms. The zero-order valence-corrected chi connectivity index (χ0v) is 28.6. The number of hydrogen-bond donors (Lipinski definition) is 4. The summed E-state index contributed by atoms with van der Waals surface area (Å²) in [6, 6.07) is 10.2. The fourth-order valence-corrected chi connectivity index (χ4v) is 5.31. The first-order valence-corrected chi connectivity index (χ1v) is 15.9. The maximum Gasteiger partial charge on any atom is 0.408 e. The van der Waals surface area contributed by atoms with Crippen molar-refractivity contribution in [3.63, 3.8) is 0 Å². The minimum atomic E-state index is -1.26. The van der Waals surface area contributed by atoms with E-state index in [-0.39, 0.29) is 31.6 Å². The molecule has 4 N–H and O–H groups in total. The number of carboxylic acids is 1. The van der Waals surface area contributed by atoms with Crippen LogP contribution < -0.4 is 10.6 Å². The molecule has 3 aromatic rings. The van der Waals surface area contributed by atoms with E-state index in [0.717, 1.165) is 23.8 Å². The minimum Gasteiger partial charge on any atom is -0.481 e. The van der Waals surface area contributed by atoms with Crippen LogP contribution >= 0.6 is 0 Å². The summed E-state index contributed by atoms with van der Waals surface area (Å²) in [4.78, 5) is 51.8. The van der Waals surface area contributed by atoms with Gasteiger partial charge in [-0.15, -0.1) is 0 Å². The Bertz CT molecular complexity index is 1620. The van der Waals surface area contributed by atoms with Gasteiger partial charge < -0.3 is 30.5 Å². The summed E-state index contributed by atoms with van der Waals surface area (Å²) in [5.41, 5.74) is 0.0288. The molecule has 2 aromatic carbocycles. The van der Waals surface area contributed by atoms with Crippen LogP contribution in [0.15, 0.2) is 54.7 Å². The highest BCUT2D eigenvalue weighted by Crippen LogP contribution is 2.40. The van der Waals surface area contributed by atoms with Gasteiger partial charge in [-0.3, -0.25) is 14.4 Å². The van der Waals surface area contributed by atoms with Crippen molar-refractivity contribution in [3.05, 3.63) is 83.2 Å². The van der Waals surface area contributed by atoms with E-state index >= 15 is 0 Å². The van der Waals surface area contributed by atoms with Crippen molar-refractivity contribution in [2.75, 3.05) is 19.7 Å². The number of carbonyl (C=O) groups excluding carboxylic acids is 3. The van der Waals surface area contributed by atoms with Crippen LogP contribution in [0.25, 0.3) is 5.69 Å². The molecule has 0 aliphatic rings. The highest BCUT2D eigenvalue weighted by molar-refractivity contribution is 5.86. The first-order chi connectivity index (χ1) is 22.9. The van der Waals surface area contributed by atoms with Crippen molar-refractivity contribution >= 4 is 23.9 Å². The highest BCUT2D eigenvalue weighted by atomic mass is 19.1. The number of carbonyl (C=O) groups is 4. The summed E-state index contributed by atoms with van der Waals surface area (Å²) in [6.45, 7) is 9.19. The molecule has 2 unspecified atom stereocenters. The lowest BCUT2D eigenvalue weighted by atomic mass is 9.81. The third kappa shape index (κ3) is 11.4. The average molecular weight is 686 g/mol. The van der Waals surface area contributed by atoms with Gasteiger partial charge in [0, 0.05) is 37.3 Å². The van der Waals surface area contributed by atoms with Crippen LogP contribution in [-0.2, 0) is 25.5 Å². The third-order valence-electron chi connectivity index (χ3n) is 7.37. The molecule has 0 fully saturated rings. The van der Waals surface area contributed by atoms with E-state index in [9.17, 15) is 33.1 Å². The number of ether oxygens (including phenoxy) is 1. The summed E-state index contributed by atoms with van der Waals surface area (Å²) >= 11 is 0. The predicted octanol–water partition coefficient (Wildman–Crippen LogP) is 4.52. The molecule has 1 aromatic heterocycles. The summed E-state index contributed by atoms with van der Waals surface area (Å²) in [5, 5.41) is 28.8. The van der Waals surface area contributed by atoms with Crippen LogP contribution in [0, 0.1) is 17.0 Å². The number of nitrogens with zero attached hydrogens (tertiary/aromatic N) is 3. The quantitative estimate of drug-likeness (QED) is 0.193. The van der Waals surface area contributed by atoms with Gasteiger partial charge >= 0.3 is 12.1 Å². The fourth-order valence-electron chi connectivity index (χ4n) is 5.31. The SMILES string of the molecule is CC(C)(C)OC(=O)NC(CCN(C(=O)CO)C(c1nn(-c2cc(F)ccc2F)cc1Cc1ccccc1)C(C)(C)C)C(=O)NCCC(=O)O. The number of amides is 3. The molecule has 2 atom stereocenters. The van der Waals surface area contributed by atoms with Crippen LogP contribution in [0.3, 0.4) is 0 Å². The van der Waals surface area contributed by atoms with Crippen molar-refractivity contribution < 1.29 is 42.9 Å². The van der Waals surface area contributed by atoms with Crippen LogP contribution in [0.2, 0.25) is 0 Å². The van der Waals surface area contributed by atoms with E-state index in [0.29, 0.717) is 17.7 Å². The number of benzene rings is 2. The minimum absolute atomic E-state index is 0.145. The van der Waals surface area contributed by atoms with Gasteiger partial charge in [0.15, 0.2) is 0 Å². The normalized spacial score (nSPS) is 12.9. The highest BCUT2D eigenvalue weighted by Gasteiger charge is 2.39. The lowest BCUT2D eigenvalue weighted by molar-refractivity contribution is -0.140. The molecule has 0 spiro atoms. The predicted molar refractivity (Wildman–Crippen MR) is 177 cm³/mol. The number of aliphatic carboxylic acids is 1. The standard InChI is InChI=1S/C35H45F2N5O7/c1-34(2,3)31(30-23(18-22-10-8-7-9-11-22)20-42(40-30)27-19-24(36)12-13-25(27)37)41(28(44)21-43)17-15-26(32(47)38-16-14-29(45)46)39-33(48)49-35(4,5)6/h7-13,19-20,26,31,43H,14-18,21H2,1-6H3,(H,38,47)(H,39,48)(H,45,46). The Labute approximate surface area is 284 Å². The fraction of sp³-hybridized carbons (Fsp3) is 0.457. The van der Waals surface area contributed by atoms with Gasteiger partial charge in [0.1, 0.15) is 35.6 Å². The van der Waals surface area contributed by atoms with Crippen molar-refractivity contribution in [1.82, 2.24) is 25.3 Å². The summed E-state index contributed by atoms with van der Waals surface area (Å²) in [7, 11) is 0. The Hall–Kier alpha value is -4.85. The van der Waals surface area contributed by atoms with Crippen LogP contribution in [0.1, 0.15) is 77.2 Å². The Morgan fingerprint density at radius 2 is 1.69 bits per heavy atom. The summed E-state index contributed by atoms with van der Waals surface area (Å²) < 4.78 is 35.8. The van der Waals surface area contributed by atoms with E-state index in [2.05, 4.69) is 10.6 Å². The maximum atomic E-state index is 15.0. The molecule has 3 amide bonds. The number of hydrogen-bond acceptors (Lipinski definition) is 7. The van der Waals surface area contributed by atoms with Crippen LogP contribution in [-0.4, -0.2) is 80.1 Å². The number of carboxylic acid groups (broad SMARTS) is 1. The van der Waals surface area contributed by atoms with Gasteiger partial charge in [-0.25, -0.2) is 18.3 Å². The molecule has 0 radical (unpaired) electrons. The van der Waals surface area contributed by atoms with E-state index in [1.165, 1.54) is 9.58 Å². The Morgan fingerprint density at radius 1 is 1.02 bits per heavy atom. The zero-order valence-electron chi connectivity index (χ0n) is 28.6. The first-order valence-electron chi connectivity index (χ1n) is 15.9. The lowest BCUT2D eigenvalue weighted by Crippen LogP contribution is -2.51. The second kappa shape index (κ2) is 16.5. The second-order valence-corrected chi connectivity index (χ2v) is 13.7. The number of nitrogens with one attached hydrogen (secondary N) is 2. The monoisotopic (exact) mass is 685 g/mol.